The molecule has 0 saturated carbocycles. The van der Waals surface area contributed by atoms with Crippen molar-refractivity contribution < 1.29 is 0 Å². The molecule has 0 bridgehead atoms. The topological polar surface area (TPSA) is 69.6 Å². The summed E-state index contributed by atoms with van der Waals surface area (Å²) in [6.45, 7) is 2.09. The van der Waals surface area contributed by atoms with Crippen molar-refractivity contribution >= 4 is 28.5 Å². The molecular formula is C19H17N5S. The zero-order valence-electron chi connectivity index (χ0n) is 13.8. The first kappa shape index (κ1) is 15.7. The number of hydrogen-bond donors (Lipinski definition) is 1. The number of thioether (sulfide) groups is 1. The highest BCUT2D eigenvalue weighted by atomic mass is 32.2. The van der Waals surface area contributed by atoms with Crippen molar-refractivity contribution in [3.8, 4) is 5.69 Å². The molecule has 2 aromatic heterocycles. The van der Waals surface area contributed by atoms with E-state index in [0.29, 0.717) is 17.4 Å². The third kappa shape index (κ3) is 3.08. The third-order valence-corrected chi connectivity index (χ3v) is 4.95. The van der Waals surface area contributed by atoms with Gasteiger partial charge >= 0.3 is 0 Å². The Kier molecular flexibility index (Phi) is 4.11. The highest BCUT2D eigenvalue weighted by molar-refractivity contribution is 7.98. The molecule has 2 N–H and O–H groups in total. The summed E-state index contributed by atoms with van der Waals surface area (Å²) >= 11 is 1.60. The lowest BCUT2D eigenvalue weighted by Gasteiger charge is -2.10. The number of benzene rings is 2. The van der Waals surface area contributed by atoms with Crippen molar-refractivity contribution in [2.24, 2.45) is 0 Å². The van der Waals surface area contributed by atoms with Crippen LogP contribution in [0.25, 0.3) is 16.6 Å². The molecule has 2 heterocycles. The minimum atomic E-state index is 0.517. The summed E-state index contributed by atoms with van der Waals surface area (Å²) in [6.07, 6.45) is 3.78. The van der Waals surface area contributed by atoms with Gasteiger partial charge in [0.2, 0.25) is 0 Å². The number of aryl methyl sites for hydroxylation is 1. The quantitative estimate of drug-likeness (QED) is 0.565. The number of hydrogen-bond acceptors (Lipinski definition) is 5. The Bertz CT molecular complexity index is 1040. The Morgan fingerprint density at radius 2 is 1.84 bits per heavy atom. The number of nitrogen functional groups attached to an aromatic ring is 1. The second-order valence-electron chi connectivity index (χ2n) is 5.70. The Hall–Kier alpha value is -2.86. The van der Waals surface area contributed by atoms with E-state index in [-0.39, 0.29) is 0 Å². The maximum absolute atomic E-state index is 6.07. The van der Waals surface area contributed by atoms with E-state index in [2.05, 4.69) is 38.6 Å². The summed E-state index contributed by atoms with van der Waals surface area (Å²) in [5.41, 5.74) is 9.26. The van der Waals surface area contributed by atoms with Crippen LogP contribution in [-0.4, -0.2) is 19.5 Å². The second kappa shape index (κ2) is 6.57. The van der Waals surface area contributed by atoms with Crippen molar-refractivity contribution in [1.29, 1.82) is 0 Å². The number of nitrogens with zero attached hydrogens (tertiary/aromatic N) is 4. The zero-order valence-corrected chi connectivity index (χ0v) is 14.6. The summed E-state index contributed by atoms with van der Waals surface area (Å²) in [5, 5.41) is 1.79. The zero-order chi connectivity index (χ0) is 17.2. The number of para-hydroxylation sites is 2. The van der Waals surface area contributed by atoms with Gasteiger partial charge in [0.15, 0.2) is 5.16 Å². The van der Waals surface area contributed by atoms with E-state index >= 15 is 0 Å². The molecule has 0 fully saturated rings. The molecule has 0 saturated heterocycles. The molecule has 0 spiro atoms. The SMILES string of the molecule is Cc1ccccc1-n1ccnc1SCc1nc(N)c2ccccc2n1. The molecule has 0 radical (unpaired) electrons. The first-order valence-electron chi connectivity index (χ1n) is 7.95. The number of aromatic nitrogens is 4. The van der Waals surface area contributed by atoms with E-state index in [9.17, 15) is 0 Å². The van der Waals surface area contributed by atoms with Crippen molar-refractivity contribution in [3.05, 3.63) is 72.3 Å². The molecular weight excluding hydrogens is 330 g/mol. The molecule has 0 amide bonds. The smallest absolute Gasteiger partial charge is 0.173 e. The van der Waals surface area contributed by atoms with Crippen LogP contribution >= 0.6 is 11.8 Å². The molecule has 0 aliphatic heterocycles. The minimum Gasteiger partial charge on any atom is -0.383 e. The first-order valence-corrected chi connectivity index (χ1v) is 8.94. The molecule has 0 aliphatic carbocycles. The van der Waals surface area contributed by atoms with Gasteiger partial charge in [-0.1, -0.05) is 42.1 Å². The molecule has 25 heavy (non-hydrogen) atoms. The number of fused-ring (bicyclic) bond motifs is 1. The molecule has 6 heteroatoms. The Balaban J connectivity index is 1.61. The van der Waals surface area contributed by atoms with E-state index in [4.69, 9.17) is 5.73 Å². The van der Waals surface area contributed by atoms with Crippen LogP contribution in [0.5, 0.6) is 0 Å². The fourth-order valence-corrected chi connectivity index (χ4v) is 3.58. The Morgan fingerprint density at radius 1 is 1.04 bits per heavy atom. The van der Waals surface area contributed by atoms with Gasteiger partial charge in [-0.05, 0) is 30.7 Å². The fraction of sp³-hybridized carbons (Fsp3) is 0.105. The lowest BCUT2D eigenvalue weighted by Crippen LogP contribution is -2.01. The van der Waals surface area contributed by atoms with Crippen LogP contribution in [0.1, 0.15) is 11.4 Å². The van der Waals surface area contributed by atoms with E-state index in [0.717, 1.165) is 21.7 Å². The summed E-state index contributed by atoms with van der Waals surface area (Å²) < 4.78 is 2.09. The summed E-state index contributed by atoms with van der Waals surface area (Å²) in [7, 11) is 0. The predicted octanol–water partition coefficient (Wildman–Crippen LogP) is 4.00. The fourth-order valence-electron chi connectivity index (χ4n) is 2.76. The molecule has 4 rings (SSSR count). The number of rotatable bonds is 4. The van der Waals surface area contributed by atoms with Crippen LogP contribution in [0, 0.1) is 6.92 Å². The second-order valence-corrected chi connectivity index (χ2v) is 6.64. The van der Waals surface area contributed by atoms with Crippen molar-refractivity contribution in [2.75, 3.05) is 5.73 Å². The van der Waals surface area contributed by atoms with Crippen LogP contribution < -0.4 is 5.73 Å². The molecule has 124 valence electrons. The monoisotopic (exact) mass is 347 g/mol. The van der Waals surface area contributed by atoms with Gasteiger partial charge in [0, 0.05) is 17.8 Å². The maximum Gasteiger partial charge on any atom is 0.173 e. The van der Waals surface area contributed by atoms with Gasteiger partial charge in [0.1, 0.15) is 11.6 Å². The van der Waals surface area contributed by atoms with Crippen LogP contribution in [0.15, 0.2) is 66.1 Å². The molecule has 2 aromatic carbocycles. The van der Waals surface area contributed by atoms with E-state index in [1.165, 1.54) is 5.56 Å². The average molecular weight is 347 g/mol. The van der Waals surface area contributed by atoms with Gasteiger partial charge in [-0.15, -0.1) is 0 Å². The van der Waals surface area contributed by atoms with E-state index in [1.807, 2.05) is 48.8 Å². The molecule has 0 aliphatic rings. The number of anilines is 1. The van der Waals surface area contributed by atoms with Gasteiger partial charge in [0.05, 0.1) is 17.0 Å². The number of nitrogens with two attached hydrogens (primary N) is 1. The normalized spacial score (nSPS) is 11.1. The Morgan fingerprint density at radius 3 is 2.72 bits per heavy atom. The average Bonchev–Trinajstić information content (AvgIpc) is 3.09. The molecule has 4 aromatic rings. The van der Waals surface area contributed by atoms with E-state index in [1.54, 1.807) is 11.8 Å². The lowest BCUT2D eigenvalue weighted by molar-refractivity contribution is 0.886. The molecule has 0 atom stereocenters. The molecule has 5 nitrogen and oxygen atoms in total. The summed E-state index contributed by atoms with van der Waals surface area (Å²) in [6, 6.07) is 16.0. The van der Waals surface area contributed by atoms with Gasteiger partial charge in [-0.2, -0.15) is 0 Å². The van der Waals surface area contributed by atoms with Gasteiger partial charge < -0.3 is 5.73 Å². The van der Waals surface area contributed by atoms with Crippen LogP contribution in [0.2, 0.25) is 0 Å². The van der Waals surface area contributed by atoms with Crippen molar-refractivity contribution in [1.82, 2.24) is 19.5 Å². The van der Waals surface area contributed by atoms with Gasteiger partial charge in [-0.3, -0.25) is 4.57 Å². The Labute approximate surface area is 149 Å². The van der Waals surface area contributed by atoms with Crippen molar-refractivity contribution in [2.45, 2.75) is 17.8 Å². The van der Waals surface area contributed by atoms with Crippen LogP contribution in [0.4, 0.5) is 5.82 Å². The predicted molar refractivity (Wildman–Crippen MR) is 102 cm³/mol. The van der Waals surface area contributed by atoms with Crippen LogP contribution in [0.3, 0.4) is 0 Å². The molecule has 0 unspecified atom stereocenters. The minimum absolute atomic E-state index is 0.517. The van der Waals surface area contributed by atoms with Crippen molar-refractivity contribution in [3.63, 3.8) is 0 Å². The highest BCUT2D eigenvalue weighted by Gasteiger charge is 2.10. The summed E-state index contributed by atoms with van der Waals surface area (Å²) in [4.78, 5) is 13.5. The van der Waals surface area contributed by atoms with E-state index < -0.39 is 0 Å². The summed E-state index contributed by atoms with van der Waals surface area (Å²) in [5.74, 6) is 1.83. The van der Waals surface area contributed by atoms with Crippen LogP contribution in [-0.2, 0) is 5.75 Å². The first-order chi connectivity index (χ1) is 12.2. The largest absolute Gasteiger partial charge is 0.383 e. The van der Waals surface area contributed by atoms with Gasteiger partial charge in [0.25, 0.3) is 0 Å². The maximum atomic E-state index is 6.07. The number of imidazole rings is 1. The highest BCUT2D eigenvalue weighted by Crippen LogP contribution is 2.26. The van der Waals surface area contributed by atoms with Gasteiger partial charge in [-0.25, -0.2) is 15.0 Å². The standard InChI is InChI=1S/C19H17N5S/c1-13-6-2-5-9-16(13)24-11-10-21-19(24)25-12-17-22-15-8-4-3-7-14(15)18(20)23-17/h2-11H,12H2,1H3,(H2,20,22,23). The third-order valence-electron chi connectivity index (χ3n) is 3.99. The lowest BCUT2D eigenvalue weighted by atomic mass is 10.2.